The molecule has 0 aliphatic rings. The Balaban J connectivity index is 2.30. The fourth-order valence-corrected chi connectivity index (χ4v) is 0. The second-order valence-electron chi connectivity index (χ2n) is 0.175. The van der Waals surface area contributed by atoms with Crippen LogP contribution >= 0.6 is 21.6 Å². The van der Waals surface area contributed by atoms with Crippen LogP contribution in [0.3, 0.4) is 0 Å². The molecule has 0 N–H and O–H groups in total. The Morgan fingerprint density at radius 1 is 2.00 bits per heavy atom. The van der Waals surface area contributed by atoms with E-state index in [0.717, 1.165) is 0 Å². The molecule has 1 unspecified atom stereocenters. The summed E-state index contributed by atoms with van der Waals surface area (Å²) in [6.45, 7) is 0. The van der Waals surface area contributed by atoms with E-state index >= 15 is 0 Å². The summed E-state index contributed by atoms with van der Waals surface area (Å²) in [6, 6.07) is 0. The van der Waals surface area contributed by atoms with Gasteiger partial charge in [-0.15, -0.1) is 0 Å². The molecule has 0 aliphatic heterocycles. The molecule has 0 fully saturated rings. The Morgan fingerprint density at radius 2 is 2.25 bits per heavy atom. The van der Waals surface area contributed by atoms with Crippen molar-refractivity contribution in [2.75, 3.05) is 0 Å². The molecule has 0 aromatic carbocycles. The predicted molar refractivity (Wildman–Crippen MR) is 19.1 cm³/mol. The van der Waals surface area contributed by atoms with E-state index in [4.69, 9.17) is 4.57 Å². The first-order chi connectivity index (χ1) is 1.91. The quantitative estimate of drug-likeness (QED) is 0.297. The molecule has 25 valence electrons. The zero-order valence-electron chi connectivity index (χ0n) is 1.76. The Morgan fingerprint density at radius 3 is 2.25 bits per heavy atom. The van der Waals surface area contributed by atoms with Gasteiger partial charge in [0.15, 0.2) is 0 Å². The summed E-state index contributed by atoms with van der Waals surface area (Å²) in [5, 5.41) is 0. The highest BCUT2D eigenvalue weighted by atomic mass is 32.1. The molecular formula is H2O2PS. The molecule has 0 aromatic heterocycles. The molecule has 4 heavy (non-hydrogen) atoms. The number of hydrogen-bond acceptors (Lipinski definition) is 3. The lowest BCUT2D eigenvalue weighted by molar-refractivity contribution is 0.555. The van der Waals surface area contributed by atoms with Gasteiger partial charge < -0.3 is 0 Å². The molecule has 1 atom stereocenters. The number of thiol groups is 1. The molecule has 0 aromatic rings. The fourth-order valence-electron chi connectivity index (χ4n) is 0. The van der Waals surface area contributed by atoms with Crippen molar-refractivity contribution in [1.82, 2.24) is 0 Å². The van der Waals surface area contributed by atoms with Crippen molar-refractivity contribution in [2.45, 2.75) is 0 Å². The van der Waals surface area contributed by atoms with E-state index in [0.29, 0.717) is 0 Å². The van der Waals surface area contributed by atoms with E-state index in [1.165, 1.54) is 0 Å². The molecule has 0 spiro atoms. The minimum Gasteiger partial charge on any atom is -0.258 e. The molecule has 4 heteroatoms. The minimum atomic E-state index is -0.745. The average molecular weight is 97.1 g/mol. The molecule has 1 radical (unpaired) electrons. The second-order valence-corrected chi connectivity index (χ2v) is 1.07. The van der Waals surface area contributed by atoms with Crippen LogP contribution in [-0.4, -0.2) is 0 Å². The van der Waals surface area contributed by atoms with Crippen LogP contribution in [0.5, 0.6) is 0 Å². The van der Waals surface area contributed by atoms with Gasteiger partial charge in [-0.3, -0.25) is 4.57 Å². The van der Waals surface area contributed by atoms with Crippen LogP contribution < -0.4 is 0 Å². The summed E-state index contributed by atoms with van der Waals surface area (Å²) in [7, 11) is -0.745. The number of hydrogen-bond donors (Lipinski definition) is 1. The summed E-state index contributed by atoms with van der Waals surface area (Å²) < 4.78 is 12.7. The van der Waals surface area contributed by atoms with Crippen molar-refractivity contribution >= 4 is 21.6 Å². The molecule has 0 bridgehead atoms. The highest BCUT2D eigenvalue weighted by Crippen LogP contribution is 1.93. The van der Waals surface area contributed by atoms with Crippen molar-refractivity contribution in [3.63, 3.8) is 0 Å². The van der Waals surface area contributed by atoms with Gasteiger partial charge in [0.05, 0.1) is 0 Å². The third-order valence-corrected chi connectivity index (χ3v) is 0.335. The summed E-state index contributed by atoms with van der Waals surface area (Å²) >= 11 is 3.12. The molecule has 0 aliphatic carbocycles. The van der Waals surface area contributed by atoms with E-state index in [1.807, 2.05) is 0 Å². The Kier molecular flexibility index (Phi) is 3.76. The zero-order valence-corrected chi connectivity index (χ0v) is 3.66. The van der Waals surface area contributed by atoms with Crippen LogP contribution in [0, 0.1) is 0 Å². The minimum absolute atomic E-state index is 0.745. The van der Waals surface area contributed by atoms with Crippen LogP contribution in [0.1, 0.15) is 0 Å². The monoisotopic (exact) mass is 97.0 g/mol. The van der Waals surface area contributed by atoms with Gasteiger partial charge in [0.2, 0.25) is 8.69 Å². The van der Waals surface area contributed by atoms with Gasteiger partial charge in [0.1, 0.15) is 0 Å². The fraction of sp³-hybridized carbons (Fsp3) is 0. The predicted octanol–water partition coefficient (Wildman–Crippen LogP) is 0.787. The SMILES string of the molecule is O=[PH]OS. The molecule has 2 nitrogen and oxygen atoms in total. The first kappa shape index (κ1) is 4.41. The third-order valence-electron chi connectivity index (χ3n) is 0.0373. The lowest BCUT2D eigenvalue weighted by Gasteiger charge is -1.58. The molecule has 0 saturated carbocycles. The van der Waals surface area contributed by atoms with E-state index in [9.17, 15) is 0 Å². The van der Waals surface area contributed by atoms with Crippen molar-refractivity contribution in [3.05, 3.63) is 0 Å². The van der Waals surface area contributed by atoms with Crippen molar-refractivity contribution < 1.29 is 8.54 Å². The average Bonchev–Trinajstić information content (AvgIpc) is 1.37. The standard InChI is InChI=1S/H2O2PS/c1-3-2-4/h3-4H. The van der Waals surface area contributed by atoms with Crippen molar-refractivity contribution in [2.24, 2.45) is 0 Å². The van der Waals surface area contributed by atoms with E-state index in [2.05, 4.69) is 16.9 Å². The molecular weight excluding hydrogens is 95.0 g/mol. The maximum absolute atomic E-state index is 9.03. The van der Waals surface area contributed by atoms with Crippen LogP contribution in [0.25, 0.3) is 0 Å². The van der Waals surface area contributed by atoms with Gasteiger partial charge in [-0.25, -0.2) is 3.97 Å². The van der Waals surface area contributed by atoms with E-state index < -0.39 is 8.69 Å². The third kappa shape index (κ3) is 2.41. The van der Waals surface area contributed by atoms with Gasteiger partial charge in [-0.2, -0.15) is 0 Å². The van der Waals surface area contributed by atoms with E-state index in [1.54, 1.807) is 0 Å². The second kappa shape index (κ2) is 3.41. The van der Waals surface area contributed by atoms with Crippen molar-refractivity contribution in [3.8, 4) is 0 Å². The lowest BCUT2D eigenvalue weighted by atomic mass is 15.9. The zero-order chi connectivity index (χ0) is 3.41. The summed E-state index contributed by atoms with van der Waals surface area (Å²) in [5.74, 6) is 0. The topological polar surface area (TPSA) is 26.3 Å². The van der Waals surface area contributed by atoms with Gasteiger partial charge in [0, 0.05) is 0 Å². The first-order valence-electron chi connectivity index (χ1n) is 0.591. The normalized spacial score (nSPS) is 8.25. The Bertz CT molecular complexity index is 20.0. The first-order valence-corrected chi connectivity index (χ1v) is 1.77. The van der Waals surface area contributed by atoms with Crippen LogP contribution in [0.2, 0.25) is 0 Å². The van der Waals surface area contributed by atoms with Gasteiger partial charge >= 0.3 is 0 Å². The van der Waals surface area contributed by atoms with Crippen LogP contribution in [0.15, 0.2) is 0 Å². The van der Waals surface area contributed by atoms with Crippen molar-refractivity contribution in [1.29, 1.82) is 0 Å². The Labute approximate surface area is 31.1 Å². The van der Waals surface area contributed by atoms with Gasteiger partial charge in [0.25, 0.3) is 0 Å². The van der Waals surface area contributed by atoms with Gasteiger partial charge in [-0.05, 0) is 12.9 Å². The van der Waals surface area contributed by atoms with E-state index in [-0.39, 0.29) is 0 Å². The maximum atomic E-state index is 9.03. The van der Waals surface area contributed by atoms with Gasteiger partial charge in [-0.1, -0.05) is 0 Å². The van der Waals surface area contributed by atoms with Crippen LogP contribution in [-0.2, 0) is 8.54 Å². The molecule has 0 heterocycles. The number of rotatable bonds is 1. The molecule has 0 amide bonds. The lowest BCUT2D eigenvalue weighted by Crippen LogP contribution is -1.22. The summed E-state index contributed by atoms with van der Waals surface area (Å²) in [6.07, 6.45) is 0. The highest BCUT2D eigenvalue weighted by molar-refractivity contribution is 7.78. The molecule has 0 saturated heterocycles. The maximum Gasteiger partial charge on any atom is 0.210 e. The molecule has 0 rings (SSSR count). The smallest absolute Gasteiger partial charge is 0.210 e. The highest BCUT2D eigenvalue weighted by Gasteiger charge is 1.47. The Hall–Kier alpha value is 0.410. The summed E-state index contributed by atoms with van der Waals surface area (Å²) in [4.78, 5) is 0. The summed E-state index contributed by atoms with van der Waals surface area (Å²) in [5.41, 5.74) is 0. The largest absolute Gasteiger partial charge is 0.258 e. The van der Waals surface area contributed by atoms with Crippen LogP contribution in [0.4, 0.5) is 0 Å².